The monoisotopic (exact) mass is 268 g/mol. The van der Waals surface area contributed by atoms with Gasteiger partial charge in [-0.05, 0) is 24.5 Å². The molecular formula is C14H21FN2O2. The van der Waals surface area contributed by atoms with Crippen LogP contribution >= 0.6 is 0 Å². The van der Waals surface area contributed by atoms with Gasteiger partial charge in [0.2, 0.25) is 5.91 Å². The number of halogens is 1. The first kappa shape index (κ1) is 15.4. The summed E-state index contributed by atoms with van der Waals surface area (Å²) in [7, 11) is 1.43. The van der Waals surface area contributed by atoms with Crippen molar-refractivity contribution >= 4 is 11.6 Å². The summed E-state index contributed by atoms with van der Waals surface area (Å²) in [6, 6.07) is 3.99. The summed E-state index contributed by atoms with van der Waals surface area (Å²) < 4.78 is 18.1. The third-order valence-electron chi connectivity index (χ3n) is 2.83. The van der Waals surface area contributed by atoms with E-state index in [1.807, 2.05) is 13.8 Å². The van der Waals surface area contributed by atoms with E-state index < -0.39 is 5.82 Å². The Morgan fingerprint density at radius 3 is 2.68 bits per heavy atom. The molecule has 0 spiro atoms. The molecular weight excluding hydrogens is 247 g/mol. The molecule has 1 unspecified atom stereocenters. The number of nitrogens with two attached hydrogens (primary N) is 1. The number of hydrogen-bond acceptors (Lipinski definition) is 3. The molecule has 0 saturated heterocycles. The van der Waals surface area contributed by atoms with E-state index in [2.05, 4.69) is 5.32 Å². The van der Waals surface area contributed by atoms with Crippen molar-refractivity contribution in [2.75, 3.05) is 19.0 Å². The topological polar surface area (TPSA) is 64.3 Å². The van der Waals surface area contributed by atoms with E-state index in [1.165, 1.54) is 25.3 Å². The molecule has 0 aliphatic rings. The molecule has 19 heavy (non-hydrogen) atoms. The number of benzene rings is 1. The minimum Gasteiger partial charge on any atom is -0.494 e. The fourth-order valence-electron chi connectivity index (χ4n) is 1.88. The van der Waals surface area contributed by atoms with Crippen LogP contribution in [0.2, 0.25) is 0 Å². The van der Waals surface area contributed by atoms with Crippen LogP contribution in [0.3, 0.4) is 0 Å². The molecule has 1 aromatic rings. The van der Waals surface area contributed by atoms with E-state index in [9.17, 15) is 9.18 Å². The van der Waals surface area contributed by atoms with Crippen molar-refractivity contribution in [3.63, 3.8) is 0 Å². The largest absolute Gasteiger partial charge is 0.494 e. The molecule has 0 radical (unpaired) electrons. The number of rotatable bonds is 6. The van der Waals surface area contributed by atoms with Gasteiger partial charge in [0.25, 0.3) is 0 Å². The van der Waals surface area contributed by atoms with Gasteiger partial charge in [-0.1, -0.05) is 13.8 Å². The molecule has 3 N–H and O–H groups in total. The number of methoxy groups -OCH3 is 1. The Balaban J connectivity index is 2.80. The first-order valence-corrected chi connectivity index (χ1v) is 6.32. The zero-order chi connectivity index (χ0) is 14.4. The number of nitrogens with one attached hydrogen (secondary N) is 1. The van der Waals surface area contributed by atoms with Crippen LogP contribution in [0.1, 0.15) is 20.3 Å². The van der Waals surface area contributed by atoms with E-state index in [0.717, 1.165) is 0 Å². The van der Waals surface area contributed by atoms with Crippen molar-refractivity contribution in [2.45, 2.75) is 20.3 Å². The summed E-state index contributed by atoms with van der Waals surface area (Å²) in [5, 5.41) is 2.73. The van der Waals surface area contributed by atoms with E-state index in [0.29, 0.717) is 23.8 Å². The number of carbonyl (C=O) groups excluding carboxylic acids is 1. The van der Waals surface area contributed by atoms with Crippen LogP contribution in [0.5, 0.6) is 5.75 Å². The van der Waals surface area contributed by atoms with E-state index >= 15 is 0 Å². The molecule has 0 aromatic heterocycles. The standard InChI is InChI=1S/C14H21FN2O2/c1-9(2)6-10(8-16)14(18)17-12-5-4-11(15)7-13(12)19-3/h4-5,7,9-10H,6,8,16H2,1-3H3,(H,17,18). The van der Waals surface area contributed by atoms with Gasteiger partial charge in [-0.25, -0.2) is 4.39 Å². The first-order valence-electron chi connectivity index (χ1n) is 6.32. The van der Waals surface area contributed by atoms with Crippen LogP contribution < -0.4 is 15.8 Å². The predicted molar refractivity (Wildman–Crippen MR) is 73.6 cm³/mol. The van der Waals surface area contributed by atoms with Crippen molar-refractivity contribution in [1.29, 1.82) is 0 Å². The minimum absolute atomic E-state index is 0.166. The Kier molecular flexibility index (Phi) is 5.76. The molecule has 0 bridgehead atoms. The maximum absolute atomic E-state index is 13.1. The van der Waals surface area contributed by atoms with E-state index in [-0.39, 0.29) is 18.4 Å². The highest BCUT2D eigenvalue weighted by atomic mass is 19.1. The molecule has 0 aliphatic heterocycles. The van der Waals surface area contributed by atoms with Crippen LogP contribution in [0, 0.1) is 17.7 Å². The van der Waals surface area contributed by atoms with Crippen LogP contribution in [0.4, 0.5) is 10.1 Å². The van der Waals surface area contributed by atoms with Crippen LogP contribution in [-0.2, 0) is 4.79 Å². The lowest BCUT2D eigenvalue weighted by atomic mass is 9.96. The van der Waals surface area contributed by atoms with Gasteiger partial charge in [0, 0.05) is 12.6 Å². The highest BCUT2D eigenvalue weighted by molar-refractivity contribution is 5.94. The Bertz CT molecular complexity index is 435. The second kappa shape index (κ2) is 7.09. The van der Waals surface area contributed by atoms with Gasteiger partial charge in [0.1, 0.15) is 11.6 Å². The predicted octanol–water partition coefficient (Wildman–Crippen LogP) is 2.39. The molecule has 106 valence electrons. The summed E-state index contributed by atoms with van der Waals surface area (Å²) in [6.45, 7) is 4.36. The zero-order valence-corrected chi connectivity index (χ0v) is 11.6. The second-order valence-corrected chi connectivity index (χ2v) is 4.90. The molecule has 1 amide bonds. The second-order valence-electron chi connectivity index (χ2n) is 4.90. The zero-order valence-electron chi connectivity index (χ0n) is 11.6. The third kappa shape index (κ3) is 4.52. The summed E-state index contributed by atoms with van der Waals surface area (Å²) >= 11 is 0. The van der Waals surface area contributed by atoms with Crippen LogP contribution in [0.15, 0.2) is 18.2 Å². The number of carbonyl (C=O) groups is 1. The van der Waals surface area contributed by atoms with Crippen molar-refractivity contribution < 1.29 is 13.9 Å². The lowest BCUT2D eigenvalue weighted by molar-refractivity contribution is -0.120. The minimum atomic E-state index is -0.410. The van der Waals surface area contributed by atoms with Gasteiger partial charge < -0.3 is 15.8 Å². The molecule has 1 rings (SSSR count). The fourth-order valence-corrected chi connectivity index (χ4v) is 1.88. The van der Waals surface area contributed by atoms with Crippen molar-refractivity contribution in [3.05, 3.63) is 24.0 Å². The molecule has 0 heterocycles. The van der Waals surface area contributed by atoms with Gasteiger partial charge in [0.15, 0.2) is 0 Å². The molecule has 1 atom stereocenters. The Morgan fingerprint density at radius 1 is 1.47 bits per heavy atom. The number of amides is 1. The molecule has 5 heteroatoms. The summed E-state index contributed by atoms with van der Waals surface area (Å²) in [4.78, 5) is 12.1. The number of ether oxygens (including phenoxy) is 1. The lowest BCUT2D eigenvalue weighted by Crippen LogP contribution is -2.30. The maximum Gasteiger partial charge on any atom is 0.228 e. The molecule has 0 saturated carbocycles. The van der Waals surface area contributed by atoms with E-state index in [4.69, 9.17) is 10.5 Å². The molecule has 0 aliphatic carbocycles. The average molecular weight is 268 g/mol. The van der Waals surface area contributed by atoms with Gasteiger partial charge >= 0.3 is 0 Å². The Labute approximate surface area is 113 Å². The van der Waals surface area contributed by atoms with Gasteiger partial charge in [-0.15, -0.1) is 0 Å². The van der Waals surface area contributed by atoms with Crippen LogP contribution in [-0.4, -0.2) is 19.6 Å². The Morgan fingerprint density at radius 2 is 2.16 bits per heavy atom. The van der Waals surface area contributed by atoms with E-state index in [1.54, 1.807) is 0 Å². The first-order chi connectivity index (χ1) is 8.97. The summed E-state index contributed by atoms with van der Waals surface area (Å²) in [5.41, 5.74) is 6.07. The molecule has 4 nitrogen and oxygen atoms in total. The number of anilines is 1. The van der Waals surface area contributed by atoms with Gasteiger partial charge in [0.05, 0.1) is 18.7 Å². The van der Waals surface area contributed by atoms with Gasteiger partial charge in [-0.2, -0.15) is 0 Å². The summed E-state index contributed by atoms with van der Waals surface area (Å²) in [5.74, 6) is -0.147. The van der Waals surface area contributed by atoms with Crippen molar-refractivity contribution in [1.82, 2.24) is 0 Å². The fraction of sp³-hybridized carbons (Fsp3) is 0.500. The normalized spacial score (nSPS) is 12.3. The molecule has 1 aromatic carbocycles. The Hall–Kier alpha value is -1.62. The smallest absolute Gasteiger partial charge is 0.228 e. The summed E-state index contributed by atoms with van der Waals surface area (Å²) in [6.07, 6.45) is 0.714. The lowest BCUT2D eigenvalue weighted by Gasteiger charge is -2.18. The van der Waals surface area contributed by atoms with Crippen molar-refractivity contribution in [2.24, 2.45) is 17.6 Å². The highest BCUT2D eigenvalue weighted by Gasteiger charge is 2.19. The van der Waals surface area contributed by atoms with Crippen molar-refractivity contribution in [3.8, 4) is 5.75 Å². The average Bonchev–Trinajstić information content (AvgIpc) is 2.37. The number of hydrogen-bond donors (Lipinski definition) is 2. The third-order valence-corrected chi connectivity index (χ3v) is 2.83. The quantitative estimate of drug-likeness (QED) is 0.832. The highest BCUT2D eigenvalue weighted by Crippen LogP contribution is 2.26. The maximum atomic E-state index is 13.1. The SMILES string of the molecule is COc1cc(F)ccc1NC(=O)C(CN)CC(C)C. The van der Waals surface area contributed by atoms with Gasteiger partial charge in [-0.3, -0.25) is 4.79 Å². The van der Waals surface area contributed by atoms with Crippen LogP contribution in [0.25, 0.3) is 0 Å². The molecule has 0 fully saturated rings.